The summed E-state index contributed by atoms with van der Waals surface area (Å²) in [6, 6.07) is 0. The summed E-state index contributed by atoms with van der Waals surface area (Å²) in [5, 5.41) is 10.2. The molecule has 4 aliphatic carbocycles. The van der Waals surface area contributed by atoms with Gasteiger partial charge in [0.15, 0.2) is 0 Å². The first-order chi connectivity index (χ1) is 12.3. The molecule has 0 saturated heterocycles. The Balaban J connectivity index is 1.57. The van der Waals surface area contributed by atoms with Crippen LogP contribution < -0.4 is 0 Å². The first-order valence-electron chi connectivity index (χ1n) is 11.0. The highest BCUT2D eigenvalue weighted by molar-refractivity contribution is 5.33. The largest absolute Gasteiger partial charge is 0.388 e. The Labute approximate surface area is 160 Å². The minimum absolute atomic E-state index is 0.340. The molecule has 1 nitrogen and oxygen atoms in total. The molecular weight excluding hydrogens is 316 g/mol. The summed E-state index contributed by atoms with van der Waals surface area (Å²) in [7, 11) is 0. The molecule has 4 aliphatic rings. The molecule has 4 fully saturated rings. The van der Waals surface area contributed by atoms with Gasteiger partial charge in [0.2, 0.25) is 0 Å². The Morgan fingerprint density at radius 1 is 1.19 bits per heavy atom. The molecule has 0 radical (unpaired) electrons. The van der Waals surface area contributed by atoms with Crippen molar-refractivity contribution in [3.63, 3.8) is 0 Å². The van der Waals surface area contributed by atoms with Crippen LogP contribution in [0.3, 0.4) is 0 Å². The third-order valence-corrected chi connectivity index (χ3v) is 9.67. The number of aliphatic hydroxyl groups is 1. The minimum Gasteiger partial charge on any atom is -0.388 e. The van der Waals surface area contributed by atoms with Crippen LogP contribution in [-0.4, -0.2) is 11.2 Å². The van der Waals surface area contributed by atoms with Crippen molar-refractivity contribution < 1.29 is 5.11 Å². The Morgan fingerprint density at radius 3 is 2.65 bits per heavy atom. The third kappa shape index (κ3) is 2.32. The molecule has 0 bridgehead atoms. The second-order valence-electron chi connectivity index (χ2n) is 10.5. The SMILES string of the molecule is C=C1[C@H](C)C/C(=C/C=C2\CCC[C@]34C[C@](C)(CC)[C@@]3(C)CC[C@@H]24)C[C@H]1O. The lowest BCUT2D eigenvalue weighted by atomic mass is 9.34. The number of hydrogen-bond donors (Lipinski definition) is 1. The van der Waals surface area contributed by atoms with Gasteiger partial charge in [0.05, 0.1) is 6.10 Å². The molecule has 0 aromatic heterocycles. The van der Waals surface area contributed by atoms with Crippen molar-refractivity contribution in [2.45, 2.75) is 91.6 Å². The zero-order valence-electron chi connectivity index (χ0n) is 17.4. The van der Waals surface area contributed by atoms with Gasteiger partial charge >= 0.3 is 0 Å². The average molecular weight is 355 g/mol. The highest BCUT2D eigenvalue weighted by Crippen LogP contribution is 2.81. The van der Waals surface area contributed by atoms with Gasteiger partial charge in [-0.05, 0) is 85.0 Å². The Bertz CT molecular complexity index is 654. The van der Waals surface area contributed by atoms with Crippen LogP contribution in [0.4, 0.5) is 0 Å². The Kier molecular flexibility index (Phi) is 4.34. The van der Waals surface area contributed by atoms with E-state index in [9.17, 15) is 5.11 Å². The van der Waals surface area contributed by atoms with Crippen molar-refractivity contribution >= 4 is 0 Å². The van der Waals surface area contributed by atoms with E-state index in [2.05, 4.69) is 46.4 Å². The van der Waals surface area contributed by atoms with E-state index in [1.54, 1.807) is 5.57 Å². The monoisotopic (exact) mass is 354 g/mol. The lowest BCUT2D eigenvalue weighted by Crippen LogP contribution is -2.62. The van der Waals surface area contributed by atoms with Crippen LogP contribution in [0.25, 0.3) is 0 Å². The van der Waals surface area contributed by atoms with Crippen LogP contribution in [0.2, 0.25) is 0 Å². The molecular formula is C25H38O. The highest BCUT2D eigenvalue weighted by atomic mass is 16.3. The van der Waals surface area contributed by atoms with Gasteiger partial charge in [0.25, 0.3) is 0 Å². The van der Waals surface area contributed by atoms with E-state index in [1.807, 2.05) is 0 Å². The van der Waals surface area contributed by atoms with E-state index in [1.165, 1.54) is 50.5 Å². The summed E-state index contributed by atoms with van der Waals surface area (Å²) < 4.78 is 0. The fraction of sp³-hybridized carbons (Fsp3) is 0.760. The zero-order chi connectivity index (χ0) is 18.7. The van der Waals surface area contributed by atoms with E-state index in [-0.39, 0.29) is 6.10 Å². The third-order valence-electron chi connectivity index (χ3n) is 9.67. The van der Waals surface area contributed by atoms with E-state index >= 15 is 0 Å². The zero-order valence-corrected chi connectivity index (χ0v) is 17.4. The van der Waals surface area contributed by atoms with Crippen molar-refractivity contribution in [2.75, 3.05) is 0 Å². The number of aliphatic hydroxyl groups excluding tert-OH is 1. The standard InChI is InChI=1S/C25H38O/c1-6-23(4)16-25-12-7-8-20(21(25)11-13-24(23,25)5)10-9-19-14-17(2)18(3)22(26)15-19/h9-10,17,21-22,26H,3,6-8,11-16H2,1-2,4-5H3/b19-9-,20-10+/t17-,21+,22-,23+,24-,25-/m1/s1. The maximum Gasteiger partial charge on any atom is 0.0787 e. The average Bonchev–Trinajstić information content (AvgIpc) is 2.87. The van der Waals surface area contributed by atoms with E-state index < -0.39 is 0 Å². The Morgan fingerprint density at radius 2 is 1.96 bits per heavy atom. The molecule has 26 heavy (non-hydrogen) atoms. The lowest BCUT2D eigenvalue weighted by Gasteiger charge is -2.70. The molecule has 0 aliphatic heterocycles. The number of hydrogen-bond acceptors (Lipinski definition) is 1. The van der Waals surface area contributed by atoms with E-state index in [0.29, 0.717) is 22.2 Å². The van der Waals surface area contributed by atoms with Crippen molar-refractivity contribution in [3.8, 4) is 0 Å². The minimum atomic E-state index is -0.340. The van der Waals surface area contributed by atoms with Gasteiger partial charge in [0.1, 0.15) is 0 Å². The van der Waals surface area contributed by atoms with Crippen LogP contribution in [0.15, 0.2) is 35.5 Å². The summed E-state index contributed by atoms with van der Waals surface area (Å²) in [6.45, 7) is 13.8. The Hall–Kier alpha value is -0.820. The van der Waals surface area contributed by atoms with Crippen molar-refractivity contribution in [1.29, 1.82) is 0 Å². The molecule has 6 atom stereocenters. The van der Waals surface area contributed by atoms with Gasteiger partial charge in [-0.25, -0.2) is 0 Å². The molecule has 1 heteroatoms. The van der Waals surface area contributed by atoms with E-state index in [0.717, 1.165) is 24.3 Å². The normalized spacial score (nSPS) is 51.3. The van der Waals surface area contributed by atoms with Crippen molar-refractivity contribution in [2.24, 2.45) is 28.1 Å². The molecule has 4 rings (SSSR count). The molecule has 1 spiro atoms. The van der Waals surface area contributed by atoms with Crippen LogP contribution in [0.5, 0.6) is 0 Å². The number of rotatable bonds is 2. The highest BCUT2D eigenvalue weighted by Gasteiger charge is 2.73. The molecule has 0 aromatic rings. The first kappa shape index (κ1) is 18.5. The maximum absolute atomic E-state index is 10.2. The first-order valence-corrected chi connectivity index (χ1v) is 11.0. The summed E-state index contributed by atoms with van der Waals surface area (Å²) in [6.07, 6.45) is 16.1. The second-order valence-corrected chi connectivity index (χ2v) is 10.5. The molecule has 0 unspecified atom stereocenters. The van der Waals surface area contributed by atoms with Gasteiger partial charge in [-0.3, -0.25) is 0 Å². The van der Waals surface area contributed by atoms with Gasteiger partial charge < -0.3 is 5.11 Å². The van der Waals surface area contributed by atoms with Crippen LogP contribution >= 0.6 is 0 Å². The quantitative estimate of drug-likeness (QED) is 0.554. The molecule has 4 saturated carbocycles. The van der Waals surface area contributed by atoms with Crippen LogP contribution in [0, 0.1) is 28.1 Å². The van der Waals surface area contributed by atoms with E-state index in [4.69, 9.17) is 0 Å². The predicted octanol–water partition coefficient (Wildman–Crippen LogP) is 6.59. The van der Waals surface area contributed by atoms with Crippen LogP contribution in [0.1, 0.15) is 85.5 Å². The fourth-order valence-electron chi connectivity index (χ4n) is 7.60. The van der Waals surface area contributed by atoms with Crippen molar-refractivity contribution in [1.82, 2.24) is 0 Å². The fourth-order valence-corrected chi connectivity index (χ4v) is 7.60. The smallest absolute Gasteiger partial charge is 0.0787 e. The molecule has 0 heterocycles. The topological polar surface area (TPSA) is 20.2 Å². The second kappa shape index (κ2) is 6.09. The van der Waals surface area contributed by atoms with Crippen molar-refractivity contribution in [3.05, 3.63) is 35.5 Å². The predicted molar refractivity (Wildman–Crippen MR) is 110 cm³/mol. The summed E-state index contributed by atoms with van der Waals surface area (Å²) in [5.41, 5.74) is 5.86. The molecule has 144 valence electrons. The summed E-state index contributed by atoms with van der Waals surface area (Å²) in [4.78, 5) is 0. The number of allylic oxidation sites excluding steroid dienone is 3. The van der Waals surface area contributed by atoms with Gasteiger partial charge in [-0.2, -0.15) is 0 Å². The summed E-state index contributed by atoms with van der Waals surface area (Å²) >= 11 is 0. The molecule has 0 aromatic carbocycles. The van der Waals surface area contributed by atoms with Gasteiger partial charge in [-0.1, -0.05) is 64.0 Å². The van der Waals surface area contributed by atoms with Crippen LogP contribution in [-0.2, 0) is 0 Å². The lowest BCUT2D eigenvalue weighted by molar-refractivity contribution is -0.203. The summed E-state index contributed by atoms with van der Waals surface area (Å²) in [5.74, 6) is 1.23. The molecule has 0 amide bonds. The molecule has 1 N–H and O–H groups in total. The van der Waals surface area contributed by atoms with Gasteiger partial charge in [0, 0.05) is 0 Å². The van der Waals surface area contributed by atoms with Gasteiger partial charge in [-0.15, -0.1) is 0 Å². The maximum atomic E-state index is 10.2.